The van der Waals surface area contributed by atoms with Crippen LogP contribution in [-0.4, -0.2) is 19.6 Å². The molecule has 8 heteroatoms. The molecule has 142 valence electrons. The maximum Gasteiger partial charge on any atom is 0.417 e. The van der Waals surface area contributed by atoms with Crippen molar-refractivity contribution in [3.8, 4) is 34.1 Å². The number of phenolic OH excluding ortho intramolecular Hbond substituents is 2. The topological polar surface area (TPSA) is 57.8 Å². The SMILES string of the molecule is Oc1ccccc1-c1nc(-c2cccc(F)c2O)n2cc(C(F)(F)F)ccc12. The summed E-state index contributed by atoms with van der Waals surface area (Å²) >= 11 is 0. The summed E-state index contributed by atoms with van der Waals surface area (Å²) in [7, 11) is 0. The highest BCUT2D eigenvalue weighted by Crippen LogP contribution is 2.39. The molecule has 0 saturated carbocycles. The minimum absolute atomic E-state index is 0.0732. The number of benzene rings is 2. The first kappa shape index (κ1) is 17.8. The summed E-state index contributed by atoms with van der Waals surface area (Å²) in [6.07, 6.45) is -3.78. The summed E-state index contributed by atoms with van der Waals surface area (Å²) in [6, 6.07) is 12.0. The lowest BCUT2D eigenvalue weighted by Crippen LogP contribution is -2.06. The summed E-state index contributed by atoms with van der Waals surface area (Å²) in [5.74, 6) is -1.85. The van der Waals surface area contributed by atoms with E-state index < -0.39 is 23.3 Å². The Hall–Kier alpha value is -3.55. The number of alkyl halides is 3. The van der Waals surface area contributed by atoms with Crippen LogP contribution in [0.5, 0.6) is 11.5 Å². The highest BCUT2D eigenvalue weighted by atomic mass is 19.4. The van der Waals surface area contributed by atoms with Crippen molar-refractivity contribution in [1.82, 2.24) is 9.38 Å². The van der Waals surface area contributed by atoms with Gasteiger partial charge in [0.2, 0.25) is 0 Å². The molecule has 28 heavy (non-hydrogen) atoms. The third kappa shape index (κ3) is 2.83. The van der Waals surface area contributed by atoms with Crippen LogP contribution in [0.2, 0.25) is 0 Å². The Morgan fingerprint density at radius 2 is 1.57 bits per heavy atom. The van der Waals surface area contributed by atoms with E-state index in [1.165, 1.54) is 24.3 Å². The molecule has 0 aliphatic carbocycles. The average molecular weight is 388 g/mol. The zero-order valence-corrected chi connectivity index (χ0v) is 14.1. The van der Waals surface area contributed by atoms with Crippen molar-refractivity contribution in [3.05, 3.63) is 72.2 Å². The number of para-hydroxylation sites is 2. The van der Waals surface area contributed by atoms with Gasteiger partial charge < -0.3 is 10.2 Å². The zero-order valence-electron chi connectivity index (χ0n) is 14.1. The summed E-state index contributed by atoms with van der Waals surface area (Å²) in [6.45, 7) is 0. The minimum Gasteiger partial charge on any atom is -0.507 e. The Balaban J connectivity index is 2.08. The first-order valence-electron chi connectivity index (χ1n) is 8.13. The Morgan fingerprint density at radius 1 is 0.857 bits per heavy atom. The number of rotatable bonds is 2. The van der Waals surface area contributed by atoms with Crippen molar-refractivity contribution in [2.24, 2.45) is 0 Å². The van der Waals surface area contributed by atoms with Gasteiger partial charge in [-0.15, -0.1) is 0 Å². The van der Waals surface area contributed by atoms with Crippen molar-refractivity contribution < 1.29 is 27.8 Å². The van der Waals surface area contributed by atoms with Crippen LogP contribution in [0.4, 0.5) is 17.6 Å². The van der Waals surface area contributed by atoms with E-state index >= 15 is 0 Å². The number of hydrogen-bond donors (Lipinski definition) is 2. The van der Waals surface area contributed by atoms with E-state index in [-0.39, 0.29) is 28.3 Å². The van der Waals surface area contributed by atoms with E-state index in [4.69, 9.17) is 0 Å². The number of nitrogens with zero attached hydrogens (tertiary/aromatic N) is 2. The van der Waals surface area contributed by atoms with Gasteiger partial charge in [-0.1, -0.05) is 18.2 Å². The number of fused-ring (bicyclic) bond motifs is 1. The Morgan fingerprint density at radius 3 is 2.29 bits per heavy atom. The van der Waals surface area contributed by atoms with Gasteiger partial charge in [-0.25, -0.2) is 9.37 Å². The predicted octanol–water partition coefficient (Wildman–Crippen LogP) is 5.24. The van der Waals surface area contributed by atoms with Crippen LogP contribution in [0, 0.1) is 5.82 Å². The van der Waals surface area contributed by atoms with Crippen molar-refractivity contribution in [2.75, 3.05) is 0 Å². The maximum atomic E-state index is 13.8. The molecule has 0 saturated heterocycles. The van der Waals surface area contributed by atoms with Crippen LogP contribution < -0.4 is 0 Å². The fraction of sp³-hybridized carbons (Fsp3) is 0.0500. The molecular formula is C20H12F4N2O2. The third-order valence-electron chi connectivity index (χ3n) is 4.35. The van der Waals surface area contributed by atoms with Gasteiger partial charge in [0.05, 0.1) is 16.6 Å². The summed E-state index contributed by atoms with van der Waals surface area (Å²) in [4.78, 5) is 4.32. The molecule has 2 aromatic carbocycles. The van der Waals surface area contributed by atoms with Crippen molar-refractivity contribution >= 4 is 5.52 Å². The van der Waals surface area contributed by atoms with E-state index in [0.717, 1.165) is 22.7 Å². The van der Waals surface area contributed by atoms with Gasteiger partial charge in [0.25, 0.3) is 0 Å². The van der Waals surface area contributed by atoms with E-state index in [9.17, 15) is 27.8 Å². The summed E-state index contributed by atoms with van der Waals surface area (Å²) in [5, 5.41) is 20.2. The molecule has 2 N–H and O–H groups in total. The first-order chi connectivity index (χ1) is 13.3. The van der Waals surface area contributed by atoms with Crippen molar-refractivity contribution in [1.29, 1.82) is 0 Å². The van der Waals surface area contributed by atoms with Crippen LogP contribution in [0.3, 0.4) is 0 Å². The number of hydrogen-bond acceptors (Lipinski definition) is 3. The second-order valence-corrected chi connectivity index (χ2v) is 6.11. The van der Waals surface area contributed by atoms with Gasteiger partial charge in [0, 0.05) is 11.8 Å². The molecule has 0 fully saturated rings. The van der Waals surface area contributed by atoms with Crippen LogP contribution in [-0.2, 0) is 6.18 Å². The standard InChI is InChI=1S/C20H12F4N2O2/c21-14-6-3-5-13(18(14)28)19-25-17(12-4-1-2-7-16(12)27)15-9-8-11(10-26(15)19)20(22,23)24/h1-10,27-28H. The lowest BCUT2D eigenvalue weighted by Gasteiger charge is -2.09. The Kier molecular flexibility index (Phi) is 3.99. The highest BCUT2D eigenvalue weighted by Gasteiger charge is 2.32. The smallest absolute Gasteiger partial charge is 0.417 e. The fourth-order valence-corrected chi connectivity index (χ4v) is 3.01. The molecule has 0 atom stereocenters. The van der Waals surface area contributed by atoms with Crippen LogP contribution >= 0.6 is 0 Å². The Labute approximate surface area is 155 Å². The lowest BCUT2D eigenvalue weighted by atomic mass is 10.1. The molecular weight excluding hydrogens is 376 g/mol. The Bertz CT molecular complexity index is 1200. The number of aromatic nitrogens is 2. The normalized spacial score (nSPS) is 11.9. The molecule has 2 aromatic heterocycles. The van der Waals surface area contributed by atoms with Crippen LogP contribution in [0.1, 0.15) is 5.56 Å². The van der Waals surface area contributed by atoms with Crippen LogP contribution in [0.25, 0.3) is 28.2 Å². The molecule has 0 aliphatic rings. The zero-order chi connectivity index (χ0) is 20.1. The molecule has 4 rings (SSSR count). The predicted molar refractivity (Wildman–Crippen MR) is 94.4 cm³/mol. The monoisotopic (exact) mass is 388 g/mol. The van der Waals surface area contributed by atoms with Gasteiger partial charge in [-0.05, 0) is 36.4 Å². The molecule has 0 spiro atoms. The number of halogens is 4. The van der Waals surface area contributed by atoms with E-state index in [1.807, 2.05) is 0 Å². The minimum atomic E-state index is -4.60. The molecule has 0 aliphatic heterocycles. The van der Waals surface area contributed by atoms with E-state index in [2.05, 4.69) is 4.98 Å². The molecule has 0 radical (unpaired) electrons. The molecule has 4 aromatic rings. The summed E-state index contributed by atoms with van der Waals surface area (Å²) in [5.41, 5.74) is -0.255. The van der Waals surface area contributed by atoms with Gasteiger partial charge in [0.1, 0.15) is 17.3 Å². The number of aromatic hydroxyl groups is 2. The average Bonchev–Trinajstić information content (AvgIpc) is 3.02. The summed E-state index contributed by atoms with van der Waals surface area (Å²) < 4.78 is 54.6. The molecule has 4 nitrogen and oxygen atoms in total. The third-order valence-corrected chi connectivity index (χ3v) is 4.35. The fourth-order valence-electron chi connectivity index (χ4n) is 3.01. The van der Waals surface area contributed by atoms with Crippen molar-refractivity contribution in [2.45, 2.75) is 6.18 Å². The van der Waals surface area contributed by atoms with Gasteiger partial charge in [-0.2, -0.15) is 13.2 Å². The first-order valence-corrected chi connectivity index (χ1v) is 8.13. The van der Waals surface area contributed by atoms with Crippen molar-refractivity contribution in [3.63, 3.8) is 0 Å². The quantitative estimate of drug-likeness (QED) is 0.462. The van der Waals surface area contributed by atoms with Gasteiger partial charge in [-0.3, -0.25) is 4.40 Å². The molecule has 2 heterocycles. The number of pyridine rings is 1. The number of imidazole rings is 1. The second kappa shape index (κ2) is 6.26. The molecule has 0 bridgehead atoms. The number of phenols is 2. The van der Waals surface area contributed by atoms with E-state index in [1.54, 1.807) is 18.2 Å². The molecule has 0 amide bonds. The van der Waals surface area contributed by atoms with Crippen LogP contribution in [0.15, 0.2) is 60.8 Å². The lowest BCUT2D eigenvalue weighted by molar-refractivity contribution is -0.137. The maximum absolute atomic E-state index is 13.8. The van der Waals surface area contributed by atoms with Gasteiger partial charge in [0.15, 0.2) is 11.6 Å². The van der Waals surface area contributed by atoms with Gasteiger partial charge >= 0.3 is 6.18 Å². The van der Waals surface area contributed by atoms with E-state index in [0.29, 0.717) is 5.56 Å². The second-order valence-electron chi connectivity index (χ2n) is 6.11. The molecule has 0 unspecified atom stereocenters. The largest absolute Gasteiger partial charge is 0.507 e. The highest BCUT2D eigenvalue weighted by molar-refractivity contribution is 5.85.